The molecule has 0 amide bonds. The van der Waals surface area contributed by atoms with Crippen molar-refractivity contribution in [3.05, 3.63) is 30.3 Å². The summed E-state index contributed by atoms with van der Waals surface area (Å²) >= 11 is 0. The highest BCUT2D eigenvalue weighted by atomic mass is 16.7. The molecule has 17 heavy (non-hydrogen) atoms. The van der Waals surface area contributed by atoms with Crippen LogP contribution in [0.1, 0.15) is 13.8 Å². The molecule has 0 aliphatic heterocycles. The van der Waals surface area contributed by atoms with E-state index in [9.17, 15) is 4.79 Å². The molecule has 1 rings (SSSR count). The fraction of sp³-hybridized carbons (Fsp3) is 0.462. The number of Topliss-reactive ketones (excluding diaryl/α,β-unsaturated/α-hetero) is 1. The minimum atomic E-state index is -0.825. The summed E-state index contributed by atoms with van der Waals surface area (Å²) in [4.78, 5) is 11.7. The van der Waals surface area contributed by atoms with E-state index in [1.165, 1.54) is 0 Å². The molecule has 0 aliphatic carbocycles. The minimum Gasteiger partial charge on any atom is -0.486 e. The topological polar surface area (TPSA) is 44.8 Å². The molecule has 0 saturated carbocycles. The number of carbonyl (C=O) groups is 1. The molecule has 4 nitrogen and oxygen atoms in total. The van der Waals surface area contributed by atoms with Crippen molar-refractivity contribution in [3.8, 4) is 5.75 Å². The quantitative estimate of drug-likeness (QED) is 0.650. The van der Waals surface area contributed by atoms with E-state index in [0.717, 1.165) is 0 Å². The molecule has 0 heterocycles. The van der Waals surface area contributed by atoms with Gasteiger partial charge in [0.05, 0.1) is 0 Å². The lowest BCUT2D eigenvalue weighted by Gasteiger charge is -2.15. The number of hydrogen-bond acceptors (Lipinski definition) is 4. The Balaban J connectivity index is 2.41. The largest absolute Gasteiger partial charge is 0.486 e. The summed E-state index contributed by atoms with van der Waals surface area (Å²) in [5.74, 6) is 0.449. The number of hydrogen-bond donors (Lipinski definition) is 0. The third kappa shape index (κ3) is 4.97. The Morgan fingerprint density at radius 2 is 1.71 bits per heavy atom. The second-order valence-corrected chi connectivity index (χ2v) is 3.31. The molecule has 0 saturated heterocycles. The van der Waals surface area contributed by atoms with Crippen molar-refractivity contribution in [1.29, 1.82) is 0 Å². The zero-order chi connectivity index (χ0) is 12.5. The summed E-state index contributed by atoms with van der Waals surface area (Å²) in [5.41, 5.74) is 0. The van der Waals surface area contributed by atoms with Crippen LogP contribution in [0.25, 0.3) is 0 Å². The molecule has 1 aromatic rings. The summed E-state index contributed by atoms with van der Waals surface area (Å²) in [6.45, 7) is 4.45. The average Bonchev–Trinajstić information content (AvgIpc) is 2.37. The van der Waals surface area contributed by atoms with Crippen LogP contribution in [-0.2, 0) is 14.3 Å². The van der Waals surface area contributed by atoms with Crippen LogP contribution in [0.3, 0.4) is 0 Å². The summed E-state index contributed by atoms with van der Waals surface area (Å²) in [5, 5.41) is 0. The fourth-order valence-electron chi connectivity index (χ4n) is 1.28. The highest BCUT2D eigenvalue weighted by Gasteiger charge is 2.19. The fourth-order valence-corrected chi connectivity index (χ4v) is 1.28. The Bertz CT molecular complexity index is 317. The van der Waals surface area contributed by atoms with Crippen molar-refractivity contribution in [2.75, 3.05) is 19.8 Å². The number of rotatable bonds is 8. The van der Waals surface area contributed by atoms with Crippen LogP contribution in [0.5, 0.6) is 5.75 Å². The Labute approximate surface area is 101 Å². The second kappa shape index (κ2) is 7.81. The van der Waals surface area contributed by atoms with E-state index < -0.39 is 6.29 Å². The molecule has 1 aromatic carbocycles. The summed E-state index contributed by atoms with van der Waals surface area (Å²) in [7, 11) is 0. The van der Waals surface area contributed by atoms with E-state index in [2.05, 4.69) is 0 Å². The molecule has 0 aromatic heterocycles. The Morgan fingerprint density at radius 1 is 1.12 bits per heavy atom. The lowest BCUT2D eigenvalue weighted by atomic mass is 10.3. The SMILES string of the molecule is CCOC(OCC)C(=O)COc1ccccc1. The van der Waals surface area contributed by atoms with Gasteiger partial charge >= 0.3 is 0 Å². The molecule has 0 radical (unpaired) electrons. The van der Waals surface area contributed by atoms with Crippen molar-refractivity contribution in [2.24, 2.45) is 0 Å². The van der Waals surface area contributed by atoms with Gasteiger partial charge in [-0.15, -0.1) is 0 Å². The Morgan fingerprint density at radius 3 is 2.24 bits per heavy atom. The number of carbonyl (C=O) groups excluding carboxylic acids is 1. The Kier molecular flexibility index (Phi) is 6.29. The molecule has 0 N–H and O–H groups in total. The zero-order valence-corrected chi connectivity index (χ0v) is 10.2. The molecule has 0 bridgehead atoms. The van der Waals surface area contributed by atoms with Gasteiger partial charge in [0.25, 0.3) is 0 Å². The summed E-state index contributed by atoms with van der Waals surface area (Å²) < 4.78 is 15.7. The molecular weight excluding hydrogens is 220 g/mol. The smallest absolute Gasteiger partial charge is 0.225 e. The van der Waals surface area contributed by atoms with Crippen LogP contribution in [0, 0.1) is 0 Å². The van der Waals surface area contributed by atoms with Crippen LogP contribution in [0.4, 0.5) is 0 Å². The first kappa shape index (κ1) is 13.7. The average molecular weight is 238 g/mol. The van der Waals surface area contributed by atoms with Gasteiger partial charge < -0.3 is 14.2 Å². The predicted octanol–water partition coefficient (Wildman–Crippen LogP) is 2.03. The highest BCUT2D eigenvalue weighted by Crippen LogP contribution is 2.08. The summed E-state index contributed by atoms with van der Waals surface area (Å²) in [6, 6.07) is 9.18. The van der Waals surface area contributed by atoms with Gasteiger partial charge in [-0.25, -0.2) is 0 Å². The first-order chi connectivity index (χ1) is 8.27. The van der Waals surface area contributed by atoms with Crippen molar-refractivity contribution in [2.45, 2.75) is 20.1 Å². The van der Waals surface area contributed by atoms with Crippen LogP contribution >= 0.6 is 0 Å². The van der Waals surface area contributed by atoms with Crippen LogP contribution in [0.15, 0.2) is 30.3 Å². The maximum atomic E-state index is 11.7. The third-order valence-electron chi connectivity index (χ3n) is 2.02. The van der Waals surface area contributed by atoms with Gasteiger partial charge in [0.2, 0.25) is 12.1 Å². The molecule has 0 atom stereocenters. The van der Waals surface area contributed by atoms with Gasteiger partial charge in [0.1, 0.15) is 5.75 Å². The summed E-state index contributed by atoms with van der Waals surface area (Å²) in [6.07, 6.45) is -0.825. The molecule has 0 unspecified atom stereocenters. The van der Waals surface area contributed by atoms with Crippen LogP contribution < -0.4 is 4.74 Å². The van der Waals surface area contributed by atoms with Gasteiger partial charge in [0, 0.05) is 13.2 Å². The van der Waals surface area contributed by atoms with Gasteiger partial charge in [0.15, 0.2) is 6.61 Å². The van der Waals surface area contributed by atoms with E-state index in [0.29, 0.717) is 19.0 Å². The van der Waals surface area contributed by atoms with Crippen molar-refractivity contribution in [3.63, 3.8) is 0 Å². The lowest BCUT2D eigenvalue weighted by Crippen LogP contribution is -2.31. The minimum absolute atomic E-state index is 0.0469. The third-order valence-corrected chi connectivity index (χ3v) is 2.02. The van der Waals surface area contributed by atoms with Gasteiger partial charge in [-0.2, -0.15) is 0 Å². The van der Waals surface area contributed by atoms with Crippen molar-refractivity contribution < 1.29 is 19.0 Å². The monoisotopic (exact) mass is 238 g/mol. The van der Waals surface area contributed by atoms with Crippen molar-refractivity contribution >= 4 is 5.78 Å². The molecule has 0 spiro atoms. The first-order valence-corrected chi connectivity index (χ1v) is 5.71. The van der Waals surface area contributed by atoms with Crippen LogP contribution in [0.2, 0.25) is 0 Å². The van der Waals surface area contributed by atoms with E-state index in [-0.39, 0.29) is 12.4 Å². The first-order valence-electron chi connectivity index (χ1n) is 5.71. The maximum Gasteiger partial charge on any atom is 0.225 e. The van der Waals surface area contributed by atoms with Gasteiger partial charge in [-0.05, 0) is 26.0 Å². The maximum absolute atomic E-state index is 11.7. The molecule has 0 aliphatic rings. The van der Waals surface area contributed by atoms with E-state index in [1.54, 1.807) is 12.1 Å². The Hall–Kier alpha value is -1.39. The predicted molar refractivity (Wildman–Crippen MR) is 64.0 cm³/mol. The molecular formula is C13H18O4. The van der Waals surface area contributed by atoms with E-state index >= 15 is 0 Å². The molecule has 0 fully saturated rings. The number of ketones is 1. The van der Waals surface area contributed by atoms with Gasteiger partial charge in [-0.1, -0.05) is 18.2 Å². The number of para-hydroxylation sites is 1. The lowest BCUT2D eigenvalue weighted by molar-refractivity contribution is -0.169. The van der Waals surface area contributed by atoms with Gasteiger partial charge in [-0.3, -0.25) is 4.79 Å². The highest BCUT2D eigenvalue weighted by molar-refractivity contribution is 5.83. The second-order valence-electron chi connectivity index (χ2n) is 3.31. The number of benzene rings is 1. The molecule has 4 heteroatoms. The zero-order valence-electron chi connectivity index (χ0n) is 10.2. The van der Waals surface area contributed by atoms with Crippen LogP contribution in [-0.4, -0.2) is 31.9 Å². The van der Waals surface area contributed by atoms with Crippen molar-refractivity contribution in [1.82, 2.24) is 0 Å². The normalized spacial score (nSPS) is 10.5. The van der Waals surface area contributed by atoms with E-state index in [1.807, 2.05) is 32.0 Å². The molecule has 94 valence electrons. The number of ether oxygens (including phenoxy) is 3. The standard InChI is InChI=1S/C13H18O4/c1-3-15-13(16-4-2)12(14)10-17-11-8-6-5-7-9-11/h5-9,13H,3-4,10H2,1-2H3. The van der Waals surface area contributed by atoms with E-state index in [4.69, 9.17) is 14.2 Å².